The van der Waals surface area contributed by atoms with E-state index in [4.69, 9.17) is 9.72 Å². The van der Waals surface area contributed by atoms with E-state index < -0.39 is 6.36 Å². The van der Waals surface area contributed by atoms with Crippen LogP contribution in [0.1, 0.15) is 38.2 Å². The second-order valence-corrected chi connectivity index (χ2v) is 7.66. The maximum atomic E-state index is 12.5. The van der Waals surface area contributed by atoms with E-state index in [1.807, 2.05) is 17.7 Å². The lowest BCUT2D eigenvalue weighted by molar-refractivity contribution is -0.274. The van der Waals surface area contributed by atoms with E-state index in [1.54, 1.807) is 0 Å². The van der Waals surface area contributed by atoms with Gasteiger partial charge in [0.2, 0.25) is 0 Å². The number of hydrogen-bond acceptors (Lipinski definition) is 3. The molecule has 0 aliphatic rings. The van der Waals surface area contributed by atoms with Gasteiger partial charge in [0.05, 0.1) is 12.8 Å². The number of fused-ring (bicyclic) bond motifs is 1. The number of pyridine rings is 1. The average Bonchev–Trinajstić information content (AvgIpc) is 2.96. The fourth-order valence-electron chi connectivity index (χ4n) is 3.61. The molecule has 29 heavy (non-hydrogen) atoms. The van der Waals surface area contributed by atoms with Gasteiger partial charge >= 0.3 is 6.36 Å². The molecule has 0 spiro atoms. The Hall–Kier alpha value is -2.22. The molecule has 0 aliphatic heterocycles. The van der Waals surface area contributed by atoms with Crippen LogP contribution < -0.4 is 9.47 Å². The van der Waals surface area contributed by atoms with Gasteiger partial charge in [-0.05, 0) is 58.5 Å². The van der Waals surface area contributed by atoms with E-state index in [0.29, 0.717) is 17.2 Å². The highest BCUT2D eigenvalue weighted by atomic mass is 79.9. The van der Waals surface area contributed by atoms with Gasteiger partial charge in [0.15, 0.2) is 0 Å². The fraction of sp³-hybridized carbons (Fsp3) is 0.381. The molecule has 0 unspecified atom stereocenters. The lowest BCUT2D eigenvalue weighted by atomic mass is 9.94. The highest BCUT2D eigenvalue weighted by molar-refractivity contribution is 9.10. The van der Waals surface area contributed by atoms with Crippen molar-refractivity contribution in [3.8, 4) is 22.8 Å². The number of halogens is 4. The Morgan fingerprint density at radius 2 is 1.86 bits per heavy atom. The van der Waals surface area contributed by atoms with E-state index in [1.165, 1.54) is 30.9 Å². The van der Waals surface area contributed by atoms with Crippen LogP contribution >= 0.6 is 15.9 Å². The minimum absolute atomic E-state index is 0.244. The quantitative estimate of drug-likeness (QED) is 0.396. The molecule has 0 saturated carbocycles. The Bertz CT molecular complexity index is 1030. The van der Waals surface area contributed by atoms with Crippen molar-refractivity contribution in [2.24, 2.45) is 7.05 Å². The molecule has 3 rings (SSSR count). The average molecular weight is 471 g/mol. The van der Waals surface area contributed by atoms with Gasteiger partial charge in [-0.15, -0.1) is 13.2 Å². The standard InChI is InChI=1S/C21H22BrF3N2O2/c1-5-12(6-2)16-11-27(3)20-15(16)10-17(22)19(26-20)14-8-7-13(9-18(14)28-4)29-21(23,24)25/h7-12H,5-6H2,1-4H3. The van der Waals surface area contributed by atoms with Crippen LogP contribution in [0.2, 0.25) is 0 Å². The van der Waals surface area contributed by atoms with Crippen LogP contribution in [0.15, 0.2) is 34.9 Å². The molecule has 2 heterocycles. The number of nitrogens with zero attached hydrogens (tertiary/aromatic N) is 2. The van der Waals surface area contributed by atoms with Crippen LogP contribution in [-0.2, 0) is 7.05 Å². The largest absolute Gasteiger partial charge is 0.573 e. The molecule has 2 aromatic heterocycles. The number of methoxy groups -OCH3 is 1. The van der Waals surface area contributed by atoms with Crippen molar-refractivity contribution in [1.29, 1.82) is 0 Å². The van der Waals surface area contributed by atoms with Crippen LogP contribution in [0.25, 0.3) is 22.3 Å². The van der Waals surface area contributed by atoms with Crippen molar-refractivity contribution in [2.45, 2.75) is 39.0 Å². The summed E-state index contributed by atoms with van der Waals surface area (Å²) in [5.41, 5.74) is 3.21. The first-order valence-electron chi connectivity index (χ1n) is 9.28. The van der Waals surface area contributed by atoms with E-state index >= 15 is 0 Å². The van der Waals surface area contributed by atoms with Gasteiger partial charge in [-0.25, -0.2) is 4.98 Å². The smallest absolute Gasteiger partial charge is 0.496 e. The minimum Gasteiger partial charge on any atom is -0.496 e. The Kier molecular flexibility index (Phi) is 6.12. The summed E-state index contributed by atoms with van der Waals surface area (Å²) >= 11 is 3.58. The van der Waals surface area contributed by atoms with E-state index in [9.17, 15) is 13.2 Å². The summed E-state index contributed by atoms with van der Waals surface area (Å²) in [6.07, 6.45) is -0.602. The van der Waals surface area contributed by atoms with Crippen LogP contribution in [0, 0.1) is 0 Å². The summed E-state index contributed by atoms with van der Waals surface area (Å²) in [4.78, 5) is 4.80. The molecule has 0 aliphatic carbocycles. The zero-order valence-corrected chi connectivity index (χ0v) is 18.2. The number of ether oxygens (including phenoxy) is 2. The highest BCUT2D eigenvalue weighted by Crippen LogP contribution is 2.40. The summed E-state index contributed by atoms with van der Waals surface area (Å²) in [7, 11) is 3.34. The first-order chi connectivity index (χ1) is 13.7. The van der Waals surface area contributed by atoms with E-state index in [0.717, 1.165) is 28.3 Å². The maximum absolute atomic E-state index is 12.5. The number of aryl methyl sites for hydroxylation is 1. The van der Waals surface area contributed by atoms with E-state index in [2.05, 4.69) is 40.7 Å². The fourth-order valence-corrected chi connectivity index (χ4v) is 4.14. The van der Waals surface area contributed by atoms with Gasteiger partial charge < -0.3 is 14.0 Å². The second kappa shape index (κ2) is 8.26. The third kappa shape index (κ3) is 4.37. The van der Waals surface area contributed by atoms with Crippen LogP contribution in [0.4, 0.5) is 13.2 Å². The highest BCUT2D eigenvalue weighted by Gasteiger charge is 2.31. The minimum atomic E-state index is -4.77. The van der Waals surface area contributed by atoms with Gasteiger partial charge in [0, 0.05) is 34.7 Å². The second-order valence-electron chi connectivity index (χ2n) is 6.81. The Balaban J connectivity index is 2.13. The number of benzene rings is 1. The summed E-state index contributed by atoms with van der Waals surface area (Å²) in [6, 6.07) is 6.00. The zero-order chi connectivity index (χ0) is 21.3. The summed E-state index contributed by atoms with van der Waals surface area (Å²) in [5.74, 6) is 0.338. The van der Waals surface area contributed by atoms with Gasteiger partial charge in [-0.1, -0.05) is 13.8 Å². The number of aromatic nitrogens is 2. The molecule has 1 aromatic carbocycles. The number of hydrogen-bond donors (Lipinski definition) is 0. The first kappa shape index (κ1) is 21.5. The van der Waals surface area contributed by atoms with Crippen molar-refractivity contribution >= 4 is 27.0 Å². The molecular weight excluding hydrogens is 449 g/mol. The van der Waals surface area contributed by atoms with Gasteiger partial charge in [-0.3, -0.25) is 0 Å². The molecule has 0 fully saturated rings. The molecule has 0 saturated heterocycles. The third-order valence-corrected chi connectivity index (χ3v) is 5.63. The Morgan fingerprint density at radius 3 is 2.45 bits per heavy atom. The lowest BCUT2D eigenvalue weighted by Gasteiger charge is -2.14. The molecule has 0 atom stereocenters. The van der Waals surface area contributed by atoms with Crippen LogP contribution in [-0.4, -0.2) is 23.0 Å². The molecule has 0 amide bonds. The number of rotatable bonds is 6. The molecule has 8 heteroatoms. The number of alkyl halides is 3. The summed E-state index contributed by atoms with van der Waals surface area (Å²) < 4.78 is 49.6. The van der Waals surface area contributed by atoms with Gasteiger partial charge in [0.25, 0.3) is 0 Å². The Labute approximate surface area is 175 Å². The van der Waals surface area contributed by atoms with Crippen molar-refractivity contribution in [3.63, 3.8) is 0 Å². The predicted octanol–water partition coefficient (Wildman–Crippen LogP) is 6.81. The van der Waals surface area contributed by atoms with Crippen molar-refractivity contribution in [2.75, 3.05) is 7.11 Å². The monoisotopic (exact) mass is 470 g/mol. The van der Waals surface area contributed by atoms with Gasteiger partial charge in [0.1, 0.15) is 17.1 Å². The molecule has 0 bridgehead atoms. The van der Waals surface area contributed by atoms with Crippen LogP contribution in [0.3, 0.4) is 0 Å². The normalized spacial score (nSPS) is 12.0. The predicted molar refractivity (Wildman–Crippen MR) is 110 cm³/mol. The molecule has 3 aromatic rings. The SMILES string of the molecule is CCC(CC)c1cn(C)c2nc(-c3ccc(OC(F)(F)F)cc3OC)c(Br)cc12. The van der Waals surface area contributed by atoms with Gasteiger partial charge in [-0.2, -0.15) is 0 Å². The first-order valence-corrected chi connectivity index (χ1v) is 10.1. The molecule has 156 valence electrons. The zero-order valence-electron chi connectivity index (χ0n) is 16.6. The molecule has 0 radical (unpaired) electrons. The van der Waals surface area contributed by atoms with Crippen molar-refractivity contribution in [3.05, 3.63) is 40.5 Å². The molecule has 0 N–H and O–H groups in total. The molecule has 4 nitrogen and oxygen atoms in total. The molecular formula is C21H22BrF3N2O2. The third-order valence-electron chi connectivity index (χ3n) is 5.02. The summed E-state index contributed by atoms with van der Waals surface area (Å²) in [5, 5.41) is 1.06. The topological polar surface area (TPSA) is 36.3 Å². The Morgan fingerprint density at radius 1 is 1.17 bits per heavy atom. The van der Waals surface area contributed by atoms with Crippen molar-refractivity contribution in [1.82, 2.24) is 9.55 Å². The maximum Gasteiger partial charge on any atom is 0.573 e. The van der Waals surface area contributed by atoms with E-state index in [-0.39, 0.29) is 11.5 Å². The lowest BCUT2D eigenvalue weighted by Crippen LogP contribution is -2.17. The van der Waals surface area contributed by atoms with Crippen molar-refractivity contribution < 1.29 is 22.6 Å². The van der Waals surface area contributed by atoms with Crippen LogP contribution in [0.5, 0.6) is 11.5 Å². The summed E-state index contributed by atoms with van der Waals surface area (Å²) in [6.45, 7) is 4.33.